The van der Waals surface area contributed by atoms with Crippen LogP contribution in [0, 0.1) is 0 Å². The van der Waals surface area contributed by atoms with Gasteiger partial charge in [0.2, 0.25) is 0 Å². The molecule has 0 aromatic carbocycles. The van der Waals surface area contributed by atoms with E-state index in [0.717, 1.165) is 30.5 Å². The number of pyridine rings is 1. The molecule has 1 heterocycles. The van der Waals surface area contributed by atoms with Gasteiger partial charge in [-0.25, -0.2) is 9.78 Å². The van der Waals surface area contributed by atoms with Crippen molar-refractivity contribution in [2.45, 2.75) is 44.2 Å². The highest BCUT2D eigenvalue weighted by molar-refractivity contribution is 5.93. The summed E-state index contributed by atoms with van der Waals surface area (Å²) in [5.74, 6) is -0.486. The summed E-state index contributed by atoms with van der Waals surface area (Å²) in [5, 5.41) is 21.6. The number of hydrogen-bond donors (Lipinski definition) is 3. The molecule has 0 radical (unpaired) electrons. The Hall–Kier alpha value is -1.62. The predicted octanol–water partition coefficient (Wildman–Crippen LogP) is 1.20. The maximum atomic E-state index is 11.2. The summed E-state index contributed by atoms with van der Waals surface area (Å²) in [6, 6.07) is 1.89. The van der Waals surface area contributed by atoms with Crippen LogP contribution in [0.5, 0.6) is 0 Å². The summed E-state index contributed by atoms with van der Waals surface area (Å²) in [6.45, 7) is 0. The van der Waals surface area contributed by atoms with Crippen LogP contribution in [0.25, 0.3) is 0 Å². The van der Waals surface area contributed by atoms with Crippen LogP contribution < -0.4 is 5.32 Å². The summed E-state index contributed by atoms with van der Waals surface area (Å²) < 4.78 is 0. The van der Waals surface area contributed by atoms with Crippen molar-refractivity contribution in [2.24, 2.45) is 0 Å². The molecular weight excluding hydrogens is 232 g/mol. The Bertz CT molecular complexity index is 495. The number of hydrogen-bond acceptors (Lipinski definition) is 4. The van der Waals surface area contributed by atoms with Gasteiger partial charge < -0.3 is 15.5 Å². The Morgan fingerprint density at radius 3 is 2.83 bits per heavy atom. The van der Waals surface area contributed by atoms with Gasteiger partial charge in [-0.1, -0.05) is 0 Å². The fourth-order valence-electron chi connectivity index (χ4n) is 2.64. The van der Waals surface area contributed by atoms with Crippen molar-refractivity contribution < 1.29 is 15.0 Å². The number of aromatic nitrogens is 1. The number of carbonyl (C=O) groups is 1. The largest absolute Gasteiger partial charge is 0.478 e. The topological polar surface area (TPSA) is 82.5 Å². The van der Waals surface area contributed by atoms with Gasteiger partial charge in [0, 0.05) is 11.7 Å². The minimum atomic E-state index is -0.945. The Balaban J connectivity index is 1.89. The molecule has 2 aliphatic carbocycles. The van der Waals surface area contributed by atoms with E-state index < -0.39 is 5.97 Å². The molecule has 5 nitrogen and oxygen atoms in total. The lowest BCUT2D eigenvalue weighted by atomic mass is 9.89. The van der Waals surface area contributed by atoms with Crippen molar-refractivity contribution in [3.63, 3.8) is 0 Å². The smallest absolute Gasteiger partial charge is 0.339 e. The highest BCUT2D eigenvalue weighted by Gasteiger charge is 2.29. The van der Waals surface area contributed by atoms with Gasteiger partial charge in [0.25, 0.3) is 0 Å². The molecule has 1 saturated carbocycles. The van der Waals surface area contributed by atoms with E-state index in [1.807, 2.05) is 0 Å². The van der Waals surface area contributed by atoms with Crippen LogP contribution in [0.2, 0.25) is 0 Å². The Morgan fingerprint density at radius 2 is 2.17 bits per heavy atom. The molecule has 1 aromatic heterocycles. The van der Waals surface area contributed by atoms with Gasteiger partial charge in [0.05, 0.1) is 6.10 Å². The van der Waals surface area contributed by atoms with E-state index in [-0.39, 0.29) is 17.7 Å². The van der Waals surface area contributed by atoms with Crippen LogP contribution in [0.3, 0.4) is 0 Å². The summed E-state index contributed by atoms with van der Waals surface area (Å²) in [7, 11) is 0. The first-order valence-corrected chi connectivity index (χ1v) is 6.34. The maximum absolute atomic E-state index is 11.2. The standard InChI is InChI=1S/C13H16N2O3/c16-9-5-8(6-9)14-12-10(13(17)18)4-7-2-1-3-11(7)15-12/h4,8-9,16H,1-3,5-6H2,(H,14,15)(H,17,18). The second-order valence-electron chi connectivity index (χ2n) is 5.12. The first-order chi connectivity index (χ1) is 8.63. The number of rotatable bonds is 3. The number of anilines is 1. The van der Waals surface area contributed by atoms with Gasteiger partial charge in [-0.3, -0.25) is 0 Å². The molecular formula is C13H16N2O3. The zero-order chi connectivity index (χ0) is 12.7. The summed E-state index contributed by atoms with van der Waals surface area (Å²) in [6.07, 6.45) is 3.97. The van der Waals surface area contributed by atoms with E-state index >= 15 is 0 Å². The highest BCUT2D eigenvalue weighted by Crippen LogP contribution is 2.29. The number of carboxylic acids is 1. The van der Waals surface area contributed by atoms with Crippen molar-refractivity contribution in [3.05, 3.63) is 22.9 Å². The molecule has 5 heteroatoms. The van der Waals surface area contributed by atoms with Gasteiger partial charge in [-0.2, -0.15) is 0 Å². The summed E-state index contributed by atoms with van der Waals surface area (Å²) in [4.78, 5) is 15.7. The number of carboxylic acid groups (broad SMARTS) is 1. The van der Waals surface area contributed by atoms with Gasteiger partial charge in [-0.15, -0.1) is 0 Å². The van der Waals surface area contributed by atoms with E-state index in [9.17, 15) is 15.0 Å². The fraction of sp³-hybridized carbons (Fsp3) is 0.538. The third-order valence-electron chi connectivity index (χ3n) is 3.74. The van der Waals surface area contributed by atoms with Crippen LogP contribution in [0.4, 0.5) is 5.82 Å². The molecule has 0 unspecified atom stereocenters. The van der Waals surface area contributed by atoms with Crippen molar-refractivity contribution in [1.29, 1.82) is 0 Å². The van der Waals surface area contributed by atoms with Crippen LogP contribution in [-0.2, 0) is 12.8 Å². The van der Waals surface area contributed by atoms with Crippen LogP contribution >= 0.6 is 0 Å². The molecule has 0 bridgehead atoms. The number of aromatic carboxylic acids is 1. The zero-order valence-corrected chi connectivity index (χ0v) is 10.0. The molecule has 0 amide bonds. The molecule has 0 spiro atoms. The number of aryl methyl sites for hydroxylation is 2. The average molecular weight is 248 g/mol. The van der Waals surface area contributed by atoms with Gasteiger partial charge in [0.15, 0.2) is 0 Å². The molecule has 3 N–H and O–H groups in total. The van der Waals surface area contributed by atoms with Gasteiger partial charge in [0.1, 0.15) is 11.4 Å². The zero-order valence-electron chi connectivity index (χ0n) is 10.0. The Labute approximate surface area is 105 Å². The van der Waals surface area contributed by atoms with Crippen LogP contribution in [0.1, 0.15) is 40.9 Å². The van der Waals surface area contributed by atoms with E-state index in [2.05, 4.69) is 10.3 Å². The van der Waals surface area contributed by atoms with E-state index in [1.54, 1.807) is 6.07 Å². The third kappa shape index (κ3) is 1.95. The number of nitrogens with zero attached hydrogens (tertiary/aromatic N) is 1. The number of nitrogens with one attached hydrogen (secondary N) is 1. The molecule has 1 aromatic rings. The van der Waals surface area contributed by atoms with Crippen molar-refractivity contribution >= 4 is 11.8 Å². The molecule has 0 atom stereocenters. The first-order valence-electron chi connectivity index (χ1n) is 6.34. The molecule has 1 fully saturated rings. The van der Waals surface area contributed by atoms with Gasteiger partial charge >= 0.3 is 5.97 Å². The lowest BCUT2D eigenvalue weighted by Crippen LogP contribution is -2.39. The van der Waals surface area contributed by atoms with E-state index in [1.165, 1.54) is 0 Å². The SMILES string of the molecule is O=C(O)c1cc2c(nc1NC1CC(O)C1)CCC2. The number of aliphatic hydroxyl groups is 1. The molecule has 0 aliphatic heterocycles. The van der Waals surface area contributed by atoms with Crippen LogP contribution in [0.15, 0.2) is 6.07 Å². The molecule has 3 rings (SSSR count). The predicted molar refractivity (Wildman–Crippen MR) is 65.9 cm³/mol. The van der Waals surface area contributed by atoms with E-state index in [0.29, 0.717) is 18.7 Å². The normalized spacial score (nSPS) is 25.4. The molecule has 96 valence electrons. The quantitative estimate of drug-likeness (QED) is 0.748. The third-order valence-corrected chi connectivity index (χ3v) is 3.74. The molecule has 18 heavy (non-hydrogen) atoms. The first kappa shape index (κ1) is 11.5. The van der Waals surface area contributed by atoms with Crippen molar-refractivity contribution in [1.82, 2.24) is 4.98 Å². The van der Waals surface area contributed by atoms with Crippen molar-refractivity contribution in [3.8, 4) is 0 Å². The Kier molecular flexibility index (Phi) is 2.70. The lowest BCUT2D eigenvalue weighted by Gasteiger charge is -2.32. The number of fused-ring (bicyclic) bond motifs is 1. The van der Waals surface area contributed by atoms with Crippen molar-refractivity contribution in [2.75, 3.05) is 5.32 Å². The monoisotopic (exact) mass is 248 g/mol. The summed E-state index contributed by atoms with van der Waals surface area (Å²) in [5.41, 5.74) is 2.33. The van der Waals surface area contributed by atoms with Gasteiger partial charge in [-0.05, 0) is 43.7 Å². The van der Waals surface area contributed by atoms with E-state index in [4.69, 9.17) is 0 Å². The second kappa shape index (κ2) is 4.24. The summed E-state index contributed by atoms with van der Waals surface area (Å²) >= 11 is 0. The minimum Gasteiger partial charge on any atom is -0.478 e. The average Bonchev–Trinajstić information content (AvgIpc) is 2.72. The van der Waals surface area contributed by atoms with Crippen LogP contribution in [-0.4, -0.2) is 33.3 Å². The molecule has 0 saturated heterocycles. The second-order valence-corrected chi connectivity index (χ2v) is 5.12. The minimum absolute atomic E-state index is 0.144. The lowest BCUT2D eigenvalue weighted by molar-refractivity contribution is 0.0697. The fourth-order valence-corrected chi connectivity index (χ4v) is 2.64. The Morgan fingerprint density at radius 1 is 1.39 bits per heavy atom. The number of aliphatic hydroxyl groups excluding tert-OH is 1. The maximum Gasteiger partial charge on any atom is 0.339 e. The molecule has 2 aliphatic rings. The highest BCUT2D eigenvalue weighted by atomic mass is 16.4.